The first-order valence-electron chi connectivity index (χ1n) is 4.95. The van der Waals surface area contributed by atoms with Crippen LogP contribution in [0.15, 0.2) is 18.3 Å². The van der Waals surface area contributed by atoms with Gasteiger partial charge in [0.25, 0.3) is 5.91 Å². The number of nitrogens with zero attached hydrogens (tertiary/aromatic N) is 2. The van der Waals surface area contributed by atoms with Crippen molar-refractivity contribution in [3.05, 3.63) is 29.6 Å². The predicted octanol–water partition coefficient (Wildman–Crippen LogP) is 0.681. The Hall–Kier alpha value is -1.42. The summed E-state index contributed by atoms with van der Waals surface area (Å²) in [4.78, 5) is 17.6. The molecule has 0 unspecified atom stereocenters. The molecule has 0 aliphatic heterocycles. The first-order chi connectivity index (χ1) is 7.09. The summed E-state index contributed by atoms with van der Waals surface area (Å²) in [5, 5.41) is 2.81. The third kappa shape index (κ3) is 4.08. The second-order valence-electron chi connectivity index (χ2n) is 3.78. The number of aryl methyl sites for hydroxylation is 1. The predicted molar refractivity (Wildman–Crippen MR) is 59.9 cm³/mol. The number of hydrogen-bond acceptors (Lipinski definition) is 3. The molecule has 0 aliphatic rings. The number of carbonyl (C=O) groups is 1. The molecular formula is C11H17N3O. The van der Waals surface area contributed by atoms with E-state index < -0.39 is 0 Å². The van der Waals surface area contributed by atoms with Crippen molar-refractivity contribution in [2.24, 2.45) is 0 Å². The zero-order chi connectivity index (χ0) is 11.3. The summed E-state index contributed by atoms with van der Waals surface area (Å²) in [6.45, 7) is 3.42. The second-order valence-corrected chi connectivity index (χ2v) is 3.78. The van der Waals surface area contributed by atoms with Gasteiger partial charge in [-0.25, -0.2) is 0 Å². The van der Waals surface area contributed by atoms with Crippen LogP contribution in [0.25, 0.3) is 0 Å². The van der Waals surface area contributed by atoms with Gasteiger partial charge in [-0.3, -0.25) is 9.78 Å². The van der Waals surface area contributed by atoms with Crippen LogP contribution >= 0.6 is 0 Å². The summed E-state index contributed by atoms with van der Waals surface area (Å²) in [6.07, 6.45) is 1.70. The van der Waals surface area contributed by atoms with Gasteiger partial charge in [0.15, 0.2) is 0 Å². The molecule has 1 amide bonds. The Labute approximate surface area is 90.3 Å². The van der Waals surface area contributed by atoms with Crippen LogP contribution in [0.5, 0.6) is 0 Å². The van der Waals surface area contributed by atoms with Crippen LogP contribution in [0.4, 0.5) is 0 Å². The van der Waals surface area contributed by atoms with Gasteiger partial charge in [0.2, 0.25) is 0 Å². The van der Waals surface area contributed by atoms with Crippen LogP contribution in [0, 0.1) is 6.92 Å². The van der Waals surface area contributed by atoms with Crippen LogP contribution in [-0.4, -0.2) is 43.0 Å². The molecule has 1 heterocycles. The molecule has 1 N–H and O–H groups in total. The first-order valence-corrected chi connectivity index (χ1v) is 4.95. The van der Waals surface area contributed by atoms with Crippen molar-refractivity contribution < 1.29 is 4.79 Å². The van der Waals surface area contributed by atoms with Crippen molar-refractivity contribution in [1.82, 2.24) is 15.2 Å². The van der Waals surface area contributed by atoms with Crippen molar-refractivity contribution >= 4 is 5.91 Å². The topological polar surface area (TPSA) is 45.2 Å². The quantitative estimate of drug-likeness (QED) is 0.789. The van der Waals surface area contributed by atoms with Crippen molar-refractivity contribution in [2.75, 3.05) is 27.2 Å². The van der Waals surface area contributed by atoms with Crippen LogP contribution in [0.1, 0.15) is 16.1 Å². The molecule has 4 heteroatoms. The van der Waals surface area contributed by atoms with Crippen molar-refractivity contribution in [3.8, 4) is 0 Å². The number of aromatic nitrogens is 1. The minimum Gasteiger partial charge on any atom is -0.349 e. The summed E-state index contributed by atoms with van der Waals surface area (Å²) < 4.78 is 0. The van der Waals surface area contributed by atoms with Crippen LogP contribution in [0.3, 0.4) is 0 Å². The van der Waals surface area contributed by atoms with Gasteiger partial charge < -0.3 is 10.2 Å². The Morgan fingerprint density at radius 2 is 2.20 bits per heavy atom. The highest BCUT2D eigenvalue weighted by molar-refractivity contribution is 5.92. The van der Waals surface area contributed by atoms with Gasteiger partial charge in [-0.15, -0.1) is 0 Å². The number of likely N-dealkylation sites (N-methyl/N-ethyl adjacent to an activating group) is 1. The third-order valence-electron chi connectivity index (χ3n) is 1.99. The molecule has 1 rings (SSSR count). The minimum atomic E-state index is -0.114. The summed E-state index contributed by atoms with van der Waals surface area (Å²) in [5.74, 6) is -0.114. The lowest BCUT2D eigenvalue weighted by atomic mass is 10.2. The summed E-state index contributed by atoms with van der Waals surface area (Å²) >= 11 is 0. The lowest BCUT2D eigenvalue weighted by Crippen LogP contribution is -2.31. The largest absolute Gasteiger partial charge is 0.349 e. The molecule has 0 aromatic carbocycles. The summed E-state index contributed by atoms with van der Waals surface area (Å²) in [7, 11) is 3.94. The molecule has 0 aliphatic carbocycles. The molecule has 0 saturated heterocycles. The highest BCUT2D eigenvalue weighted by atomic mass is 16.1. The maximum atomic E-state index is 11.5. The Balaban J connectivity index is 2.43. The van der Waals surface area contributed by atoms with E-state index in [1.165, 1.54) is 0 Å². The molecule has 1 aromatic heterocycles. The smallest absolute Gasteiger partial charge is 0.269 e. The standard InChI is InChI=1S/C11H17N3O/c1-9-4-5-10(13-8-9)11(15)12-6-7-14(2)3/h4-5,8H,6-7H2,1-3H3,(H,12,15). The average molecular weight is 207 g/mol. The van der Waals surface area contributed by atoms with Gasteiger partial charge >= 0.3 is 0 Å². The van der Waals surface area contributed by atoms with Crippen molar-refractivity contribution in [1.29, 1.82) is 0 Å². The molecule has 1 aromatic rings. The van der Waals surface area contributed by atoms with E-state index in [9.17, 15) is 4.79 Å². The monoisotopic (exact) mass is 207 g/mol. The molecule has 0 fully saturated rings. The highest BCUT2D eigenvalue weighted by Gasteiger charge is 2.05. The summed E-state index contributed by atoms with van der Waals surface area (Å²) in [5.41, 5.74) is 1.53. The summed E-state index contributed by atoms with van der Waals surface area (Å²) in [6, 6.07) is 3.62. The second kappa shape index (κ2) is 5.46. The molecule has 4 nitrogen and oxygen atoms in total. The van der Waals surface area contributed by atoms with Gasteiger partial charge in [-0.1, -0.05) is 6.07 Å². The SMILES string of the molecule is Cc1ccc(C(=O)NCCN(C)C)nc1. The van der Waals surface area contributed by atoms with Crippen molar-refractivity contribution in [3.63, 3.8) is 0 Å². The molecule has 15 heavy (non-hydrogen) atoms. The van der Waals surface area contributed by atoms with Gasteiger partial charge in [-0.05, 0) is 32.6 Å². The average Bonchev–Trinajstić information content (AvgIpc) is 2.18. The first kappa shape index (κ1) is 11.7. The molecule has 0 bridgehead atoms. The molecule has 0 radical (unpaired) electrons. The van der Waals surface area contributed by atoms with E-state index in [-0.39, 0.29) is 5.91 Å². The maximum absolute atomic E-state index is 11.5. The van der Waals surface area contributed by atoms with E-state index in [0.29, 0.717) is 12.2 Å². The lowest BCUT2D eigenvalue weighted by Gasteiger charge is -2.09. The fourth-order valence-electron chi connectivity index (χ4n) is 1.09. The van der Waals surface area contributed by atoms with E-state index in [1.807, 2.05) is 32.0 Å². The number of hydrogen-bond donors (Lipinski definition) is 1. The number of rotatable bonds is 4. The van der Waals surface area contributed by atoms with E-state index in [1.54, 1.807) is 12.3 Å². The normalized spacial score (nSPS) is 10.4. The molecule has 0 atom stereocenters. The fraction of sp³-hybridized carbons (Fsp3) is 0.455. The molecular weight excluding hydrogens is 190 g/mol. The highest BCUT2D eigenvalue weighted by Crippen LogP contribution is 1.97. The zero-order valence-corrected chi connectivity index (χ0v) is 9.45. The van der Waals surface area contributed by atoms with Crippen molar-refractivity contribution in [2.45, 2.75) is 6.92 Å². The Morgan fingerprint density at radius 1 is 1.47 bits per heavy atom. The zero-order valence-electron chi connectivity index (χ0n) is 9.45. The van der Waals surface area contributed by atoms with Gasteiger partial charge in [-0.2, -0.15) is 0 Å². The molecule has 0 saturated carbocycles. The van der Waals surface area contributed by atoms with Gasteiger partial charge in [0.1, 0.15) is 5.69 Å². The molecule has 0 spiro atoms. The van der Waals surface area contributed by atoms with Crippen LogP contribution < -0.4 is 5.32 Å². The number of pyridine rings is 1. The van der Waals surface area contributed by atoms with Gasteiger partial charge in [0, 0.05) is 19.3 Å². The Kier molecular flexibility index (Phi) is 4.24. The van der Waals surface area contributed by atoms with Gasteiger partial charge in [0.05, 0.1) is 0 Å². The number of carbonyl (C=O) groups excluding carboxylic acids is 1. The lowest BCUT2D eigenvalue weighted by molar-refractivity contribution is 0.0946. The molecule has 82 valence electrons. The maximum Gasteiger partial charge on any atom is 0.269 e. The number of amides is 1. The Morgan fingerprint density at radius 3 is 2.73 bits per heavy atom. The minimum absolute atomic E-state index is 0.114. The third-order valence-corrected chi connectivity index (χ3v) is 1.99. The Bertz CT molecular complexity index is 319. The number of nitrogens with one attached hydrogen (secondary N) is 1. The van der Waals surface area contributed by atoms with E-state index in [0.717, 1.165) is 12.1 Å². The van der Waals surface area contributed by atoms with E-state index >= 15 is 0 Å². The van der Waals surface area contributed by atoms with Crippen LogP contribution in [0.2, 0.25) is 0 Å². The van der Waals surface area contributed by atoms with E-state index in [2.05, 4.69) is 10.3 Å². The van der Waals surface area contributed by atoms with Crippen LogP contribution in [-0.2, 0) is 0 Å². The fourth-order valence-corrected chi connectivity index (χ4v) is 1.09. The van der Waals surface area contributed by atoms with E-state index in [4.69, 9.17) is 0 Å².